The summed E-state index contributed by atoms with van der Waals surface area (Å²) in [7, 11) is 0. The molecule has 1 heterocycles. The maximum absolute atomic E-state index is 11.1. The number of pyridine rings is 1. The summed E-state index contributed by atoms with van der Waals surface area (Å²) in [6.45, 7) is 5.90. The highest BCUT2D eigenvalue weighted by atomic mass is 32.1. The van der Waals surface area contributed by atoms with E-state index < -0.39 is 5.91 Å². The second-order valence-corrected chi connectivity index (χ2v) is 4.82. The molecule has 0 saturated heterocycles. The highest BCUT2D eigenvalue weighted by molar-refractivity contribution is 7.80. The molecule has 1 amide bonds. The maximum Gasteiger partial charge on any atom is 0.237 e. The second kappa shape index (κ2) is 5.77. The molecule has 0 atom stereocenters. The molecule has 1 aromatic rings. The number of hydrogen-bond acceptors (Lipinski definition) is 4. The average molecular weight is 266 g/mol. The number of primary amides is 1. The number of thiocarbonyl (C=S) groups is 1. The molecule has 18 heavy (non-hydrogen) atoms. The molecule has 1 aromatic heterocycles. The minimum absolute atomic E-state index is 0.0694. The first-order chi connectivity index (χ1) is 8.34. The van der Waals surface area contributed by atoms with Crippen LogP contribution < -0.4 is 16.4 Å². The van der Waals surface area contributed by atoms with Crippen LogP contribution in [0.4, 0.5) is 5.82 Å². The molecule has 0 radical (unpaired) electrons. The molecular formula is C12H18N4OS. The van der Waals surface area contributed by atoms with E-state index in [4.69, 9.17) is 23.7 Å². The summed E-state index contributed by atoms with van der Waals surface area (Å²) in [5.74, 6) is 0.192. The SMILES string of the molecule is Cc1ccnc(N(CC(N)=O)C(C)C)c1C(N)=S. The van der Waals surface area contributed by atoms with Crippen LogP contribution in [0.3, 0.4) is 0 Å². The summed E-state index contributed by atoms with van der Waals surface area (Å²) in [5.41, 5.74) is 12.6. The van der Waals surface area contributed by atoms with Gasteiger partial charge in [-0.25, -0.2) is 4.98 Å². The van der Waals surface area contributed by atoms with Crippen molar-refractivity contribution in [2.24, 2.45) is 11.5 Å². The molecule has 0 spiro atoms. The van der Waals surface area contributed by atoms with Crippen molar-refractivity contribution < 1.29 is 4.79 Å². The van der Waals surface area contributed by atoms with Gasteiger partial charge in [-0.3, -0.25) is 4.79 Å². The number of nitrogens with two attached hydrogens (primary N) is 2. The van der Waals surface area contributed by atoms with E-state index in [9.17, 15) is 4.79 Å². The van der Waals surface area contributed by atoms with Crippen molar-refractivity contribution in [2.75, 3.05) is 11.4 Å². The van der Waals surface area contributed by atoms with Crippen molar-refractivity contribution in [3.63, 3.8) is 0 Å². The van der Waals surface area contributed by atoms with E-state index in [0.29, 0.717) is 11.4 Å². The van der Waals surface area contributed by atoms with Crippen LogP contribution in [0.1, 0.15) is 25.0 Å². The van der Waals surface area contributed by atoms with E-state index in [0.717, 1.165) is 5.56 Å². The molecule has 0 bridgehead atoms. The number of hydrogen-bond donors (Lipinski definition) is 2. The van der Waals surface area contributed by atoms with Crippen molar-refractivity contribution in [1.29, 1.82) is 0 Å². The Kier molecular flexibility index (Phi) is 4.61. The fourth-order valence-corrected chi connectivity index (χ4v) is 1.99. The molecule has 0 aliphatic carbocycles. The smallest absolute Gasteiger partial charge is 0.237 e. The third kappa shape index (κ3) is 3.16. The summed E-state index contributed by atoms with van der Waals surface area (Å²) < 4.78 is 0. The van der Waals surface area contributed by atoms with Crippen molar-refractivity contribution in [3.05, 3.63) is 23.4 Å². The van der Waals surface area contributed by atoms with E-state index in [1.54, 1.807) is 11.1 Å². The fraction of sp³-hybridized carbons (Fsp3) is 0.417. The maximum atomic E-state index is 11.1. The van der Waals surface area contributed by atoms with Gasteiger partial charge >= 0.3 is 0 Å². The van der Waals surface area contributed by atoms with Crippen LogP contribution in [0.5, 0.6) is 0 Å². The zero-order valence-electron chi connectivity index (χ0n) is 10.8. The summed E-state index contributed by atoms with van der Waals surface area (Å²) >= 11 is 5.05. The topological polar surface area (TPSA) is 85.2 Å². The summed E-state index contributed by atoms with van der Waals surface area (Å²) in [6, 6.07) is 1.90. The summed E-state index contributed by atoms with van der Waals surface area (Å²) in [5, 5.41) is 0. The van der Waals surface area contributed by atoms with E-state index in [1.165, 1.54) is 0 Å². The molecule has 5 nitrogen and oxygen atoms in total. The number of aromatic nitrogens is 1. The van der Waals surface area contributed by atoms with Crippen molar-refractivity contribution >= 4 is 28.9 Å². The third-order valence-electron chi connectivity index (χ3n) is 2.61. The van der Waals surface area contributed by atoms with E-state index in [2.05, 4.69) is 4.98 Å². The van der Waals surface area contributed by atoms with Gasteiger partial charge in [0.1, 0.15) is 10.8 Å². The van der Waals surface area contributed by atoms with Crippen LogP contribution in [-0.4, -0.2) is 28.5 Å². The van der Waals surface area contributed by atoms with Crippen LogP contribution in [-0.2, 0) is 4.79 Å². The van der Waals surface area contributed by atoms with Gasteiger partial charge < -0.3 is 16.4 Å². The largest absolute Gasteiger partial charge is 0.389 e. The first kappa shape index (κ1) is 14.4. The molecule has 0 unspecified atom stereocenters. The predicted octanol–water partition coefficient (Wildman–Crippen LogP) is 0.724. The third-order valence-corrected chi connectivity index (χ3v) is 2.81. The van der Waals surface area contributed by atoms with Crippen LogP contribution >= 0.6 is 12.2 Å². The zero-order valence-corrected chi connectivity index (χ0v) is 11.6. The number of nitrogens with zero attached hydrogens (tertiary/aromatic N) is 2. The van der Waals surface area contributed by atoms with Gasteiger partial charge in [-0.05, 0) is 32.4 Å². The number of anilines is 1. The standard InChI is InChI=1S/C12H18N4OS/c1-7(2)16(6-9(13)17)12-10(11(14)18)8(3)4-5-15-12/h4-5,7H,6H2,1-3H3,(H2,13,17)(H2,14,18). The lowest BCUT2D eigenvalue weighted by molar-refractivity contribution is -0.116. The van der Waals surface area contributed by atoms with E-state index >= 15 is 0 Å². The Hall–Kier alpha value is -1.69. The van der Waals surface area contributed by atoms with Gasteiger partial charge in [0.2, 0.25) is 5.91 Å². The van der Waals surface area contributed by atoms with Crippen molar-refractivity contribution in [1.82, 2.24) is 4.98 Å². The Balaban J connectivity index is 3.32. The Labute approximate surface area is 112 Å². The number of carbonyl (C=O) groups is 1. The minimum Gasteiger partial charge on any atom is -0.389 e. The second-order valence-electron chi connectivity index (χ2n) is 4.38. The molecule has 6 heteroatoms. The number of amides is 1. The van der Waals surface area contributed by atoms with Gasteiger partial charge in [0.05, 0.1) is 12.1 Å². The zero-order chi connectivity index (χ0) is 13.9. The highest BCUT2D eigenvalue weighted by Gasteiger charge is 2.20. The Morgan fingerprint density at radius 2 is 2.11 bits per heavy atom. The molecule has 0 fully saturated rings. The normalized spacial score (nSPS) is 10.4. The summed E-state index contributed by atoms with van der Waals surface area (Å²) in [4.78, 5) is 17.5. The Bertz CT molecular complexity index is 473. The van der Waals surface area contributed by atoms with Crippen molar-refractivity contribution in [2.45, 2.75) is 26.8 Å². The van der Waals surface area contributed by atoms with Crippen LogP contribution in [0, 0.1) is 6.92 Å². The molecule has 0 aliphatic rings. The molecule has 98 valence electrons. The monoisotopic (exact) mass is 266 g/mol. The first-order valence-electron chi connectivity index (χ1n) is 5.65. The van der Waals surface area contributed by atoms with Gasteiger partial charge in [-0.15, -0.1) is 0 Å². The van der Waals surface area contributed by atoms with Gasteiger partial charge in [-0.1, -0.05) is 12.2 Å². The molecule has 0 aromatic carbocycles. The lowest BCUT2D eigenvalue weighted by atomic mass is 10.1. The number of rotatable bonds is 5. The lowest BCUT2D eigenvalue weighted by Gasteiger charge is -2.28. The van der Waals surface area contributed by atoms with E-state index in [-0.39, 0.29) is 17.6 Å². The lowest BCUT2D eigenvalue weighted by Crippen LogP contribution is -2.40. The quantitative estimate of drug-likeness (QED) is 0.767. The molecule has 0 saturated carbocycles. The molecular weight excluding hydrogens is 248 g/mol. The van der Waals surface area contributed by atoms with Gasteiger partial charge in [0, 0.05) is 12.2 Å². The van der Waals surface area contributed by atoms with Crippen LogP contribution in [0.2, 0.25) is 0 Å². The molecule has 1 rings (SSSR count). The van der Waals surface area contributed by atoms with Gasteiger partial charge in [0.25, 0.3) is 0 Å². The van der Waals surface area contributed by atoms with Crippen molar-refractivity contribution in [3.8, 4) is 0 Å². The van der Waals surface area contributed by atoms with Crippen LogP contribution in [0.15, 0.2) is 12.3 Å². The first-order valence-corrected chi connectivity index (χ1v) is 6.05. The predicted molar refractivity (Wildman–Crippen MR) is 76.5 cm³/mol. The minimum atomic E-state index is -0.416. The number of aryl methyl sites for hydroxylation is 1. The summed E-state index contributed by atoms with van der Waals surface area (Å²) in [6.07, 6.45) is 1.67. The molecule has 4 N–H and O–H groups in total. The highest BCUT2D eigenvalue weighted by Crippen LogP contribution is 2.22. The van der Waals surface area contributed by atoms with Gasteiger partial charge in [0.15, 0.2) is 0 Å². The van der Waals surface area contributed by atoms with Gasteiger partial charge in [-0.2, -0.15) is 0 Å². The Morgan fingerprint density at radius 1 is 1.50 bits per heavy atom. The molecule has 0 aliphatic heterocycles. The fourth-order valence-electron chi connectivity index (χ4n) is 1.74. The van der Waals surface area contributed by atoms with E-state index in [1.807, 2.05) is 26.8 Å². The average Bonchev–Trinajstić information content (AvgIpc) is 2.24. The Morgan fingerprint density at radius 3 is 2.56 bits per heavy atom. The number of carbonyl (C=O) groups excluding carboxylic acids is 1. The van der Waals surface area contributed by atoms with Crippen LogP contribution in [0.25, 0.3) is 0 Å².